The minimum atomic E-state index is -1.93. The zero-order chi connectivity index (χ0) is 17.4. The van der Waals surface area contributed by atoms with Crippen LogP contribution < -0.4 is 0 Å². The summed E-state index contributed by atoms with van der Waals surface area (Å²) in [5.41, 5.74) is 0. The lowest BCUT2D eigenvalue weighted by Crippen LogP contribution is -2.59. The molecule has 0 aliphatic heterocycles. The lowest BCUT2D eigenvalue weighted by molar-refractivity contribution is 0.169. The van der Waals surface area contributed by atoms with E-state index in [1.807, 2.05) is 0 Å². The first-order valence-corrected chi connectivity index (χ1v) is 18.4. The zero-order valence-corrected chi connectivity index (χ0v) is 19.7. The summed E-state index contributed by atoms with van der Waals surface area (Å²) in [6.45, 7) is 24.3. The van der Waals surface area contributed by atoms with E-state index < -0.39 is 25.0 Å². The SMILES string of the molecule is CCCO[Si](C)(CCC)OCCCN([Si](C)(C)C)[Si](C)(C)C. The van der Waals surface area contributed by atoms with Crippen LogP contribution in [0.2, 0.25) is 51.9 Å². The number of rotatable bonds is 12. The molecule has 1 unspecified atom stereocenters. The van der Waals surface area contributed by atoms with Gasteiger partial charge in [-0.25, -0.2) is 0 Å². The topological polar surface area (TPSA) is 21.7 Å². The summed E-state index contributed by atoms with van der Waals surface area (Å²) >= 11 is 0. The van der Waals surface area contributed by atoms with Crippen LogP contribution in [0.25, 0.3) is 0 Å². The van der Waals surface area contributed by atoms with Crippen molar-refractivity contribution in [3.63, 3.8) is 0 Å². The molecule has 0 N–H and O–H groups in total. The van der Waals surface area contributed by atoms with Crippen molar-refractivity contribution in [2.75, 3.05) is 19.8 Å². The van der Waals surface area contributed by atoms with Crippen LogP contribution in [-0.2, 0) is 8.85 Å². The molecule has 0 saturated heterocycles. The van der Waals surface area contributed by atoms with Crippen LogP contribution in [0.4, 0.5) is 0 Å². The fraction of sp³-hybridized carbons (Fsp3) is 1.00. The van der Waals surface area contributed by atoms with Crippen molar-refractivity contribution in [2.45, 2.75) is 85.0 Å². The third-order valence-corrected chi connectivity index (χ3v) is 14.6. The first-order chi connectivity index (χ1) is 9.96. The predicted octanol–water partition coefficient (Wildman–Crippen LogP) is 5.27. The van der Waals surface area contributed by atoms with Gasteiger partial charge in [0.1, 0.15) is 16.5 Å². The summed E-state index contributed by atoms with van der Waals surface area (Å²) in [5.74, 6) is 0. The Hall–Kier alpha value is 0.531. The van der Waals surface area contributed by atoms with Crippen molar-refractivity contribution in [1.29, 1.82) is 0 Å². The summed E-state index contributed by atoms with van der Waals surface area (Å²) in [4.78, 5) is 0. The van der Waals surface area contributed by atoms with Crippen LogP contribution in [0.3, 0.4) is 0 Å². The highest BCUT2D eigenvalue weighted by atomic mass is 28.4. The lowest BCUT2D eigenvalue weighted by Gasteiger charge is -2.43. The van der Waals surface area contributed by atoms with Crippen LogP contribution in [0, 0.1) is 0 Å². The van der Waals surface area contributed by atoms with Crippen molar-refractivity contribution in [3.8, 4) is 0 Å². The maximum absolute atomic E-state index is 6.27. The quantitative estimate of drug-likeness (QED) is 0.348. The monoisotopic (exact) mass is 363 g/mol. The summed E-state index contributed by atoms with van der Waals surface area (Å²) in [7, 11) is -4.40. The first kappa shape index (κ1) is 22.5. The van der Waals surface area contributed by atoms with Gasteiger partial charge < -0.3 is 13.1 Å². The second-order valence-electron chi connectivity index (χ2n) is 8.43. The maximum Gasteiger partial charge on any atom is 0.334 e. The molecule has 0 aromatic carbocycles. The highest BCUT2D eigenvalue weighted by Gasteiger charge is 2.34. The Morgan fingerprint density at radius 3 is 1.64 bits per heavy atom. The summed E-state index contributed by atoms with van der Waals surface area (Å²) in [5, 5.41) is 0. The Balaban J connectivity index is 4.42. The molecule has 134 valence electrons. The molecule has 1 atom stereocenters. The highest BCUT2D eigenvalue weighted by molar-refractivity contribution is 6.89. The largest absolute Gasteiger partial charge is 0.394 e. The lowest BCUT2D eigenvalue weighted by atomic mass is 10.5. The number of nitrogens with zero attached hydrogens (tertiary/aromatic N) is 1. The van der Waals surface area contributed by atoms with Gasteiger partial charge in [0.25, 0.3) is 0 Å². The molecule has 0 spiro atoms. The van der Waals surface area contributed by atoms with Gasteiger partial charge in [0.15, 0.2) is 0 Å². The third kappa shape index (κ3) is 8.98. The molecular formula is C16H41NO2Si3. The summed E-state index contributed by atoms with van der Waals surface area (Å²) in [6, 6.07) is 1.11. The number of hydrogen-bond donors (Lipinski definition) is 0. The molecule has 0 aliphatic rings. The van der Waals surface area contributed by atoms with Gasteiger partial charge >= 0.3 is 8.56 Å². The van der Waals surface area contributed by atoms with Crippen molar-refractivity contribution in [2.24, 2.45) is 0 Å². The summed E-state index contributed by atoms with van der Waals surface area (Å²) in [6.07, 6.45) is 3.37. The smallest absolute Gasteiger partial charge is 0.334 e. The van der Waals surface area contributed by atoms with Gasteiger partial charge in [-0.15, -0.1) is 0 Å². The van der Waals surface area contributed by atoms with E-state index in [1.165, 1.54) is 6.54 Å². The molecular weight excluding hydrogens is 322 g/mol. The van der Waals surface area contributed by atoms with E-state index in [2.05, 4.69) is 63.9 Å². The zero-order valence-electron chi connectivity index (χ0n) is 16.7. The average molecular weight is 364 g/mol. The normalized spacial score (nSPS) is 16.1. The predicted molar refractivity (Wildman–Crippen MR) is 107 cm³/mol. The molecule has 0 heterocycles. The van der Waals surface area contributed by atoms with Gasteiger partial charge in [-0.05, 0) is 32.0 Å². The van der Waals surface area contributed by atoms with E-state index in [0.717, 1.165) is 38.5 Å². The van der Waals surface area contributed by atoms with Crippen LogP contribution in [0.15, 0.2) is 0 Å². The van der Waals surface area contributed by atoms with E-state index in [0.29, 0.717) is 0 Å². The molecule has 3 nitrogen and oxygen atoms in total. The molecule has 0 rings (SSSR count). The molecule has 0 aromatic rings. The van der Waals surface area contributed by atoms with Crippen molar-refractivity contribution < 1.29 is 8.85 Å². The van der Waals surface area contributed by atoms with Gasteiger partial charge in [-0.2, -0.15) is 0 Å². The Morgan fingerprint density at radius 1 is 0.727 bits per heavy atom. The third-order valence-electron chi connectivity index (χ3n) is 3.87. The molecule has 0 fully saturated rings. The molecule has 0 amide bonds. The molecule has 6 heteroatoms. The van der Waals surface area contributed by atoms with Gasteiger partial charge in [-0.3, -0.25) is 0 Å². The molecule has 0 aromatic heterocycles. The van der Waals surface area contributed by atoms with Crippen molar-refractivity contribution in [1.82, 2.24) is 4.23 Å². The molecule has 0 aliphatic carbocycles. The van der Waals surface area contributed by atoms with Crippen molar-refractivity contribution >= 4 is 25.0 Å². The standard InChI is InChI=1S/C16H41NO2Si3/c1-10-14-18-22(9,16-11-2)19-15-12-13-17(20(3,4)5)21(6,7)8/h10-16H2,1-9H3. The van der Waals surface area contributed by atoms with E-state index in [9.17, 15) is 0 Å². The Morgan fingerprint density at radius 2 is 1.23 bits per heavy atom. The van der Waals surface area contributed by atoms with E-state index in [1.54, 1.807) is 0 Å². The number of hydrogen-bond acceptors (Lipinski definition) is 3. The first-order valence-electron chi connectivity index (χ1n) is 9.02. The minimum absolute atomic E-state index is 0.846. The van der Waals surface area contributed by atoms with Gasteiger partial charge in [0.2, 0.25) is 0 Å². The fourth-order valence-corrected chi connectivity index (χ4v) is 15.3. The molecule has 0 saturated carbocycles. The van der Waals surface area contributed by atoms with E-state index >= 15 is 0 Å². The van der Waals surface area contributed by atoms with E-state index in [4.69, 9.17) is 8.85 Å². The molecule has 0 radical (unpaired) electrons. The fourth-order valence-electron chi connectivity index (χ4n) is 3.15. The van der Waals surface area contributed by atoms with Gasteiger partial charge in [0.05, 0.1) is 0 Å². The molecule has 0 bridgehead atoms. The highest BCUT2D eigenvalue weighted by Crippen LogP contribution is 2.21. The second-order valence-corrected chi connectivity index (χ2v) is 22.0. The van der Waals surface area contributed by atoms with Gasteiger partial charge in [-0.1, -0.05) is 59.6 Å². The minimum Gasteiger partial charge on any atom is -0.394 e. The second kappa shape index (κ2) is 9.74. The van der Waals surface area contributed by atoms with Gasteiger partial charge in [0, 0.05) is 13.2 Å². The van der Waals surface area contributed by atoms with Crippen LogP contribution in [-0.4, -0.2) is 49.0 Å². The Labute approximate surface area is 143 Å². The maximum atomic E-state index is 6.27. The van der Waals surface area contributed by atoms with Crippen molar-refractivity contribution in [3.05, 3.63) is 0 Å². The Bertz CT molecular complexity index is 289. The van der Waals surface area contributed by atoms with E-state index in [-0.39, 0.29) is 0 Å². The summed E-state index contributed by atoms with van der Waals surface area (Å²) < 4.78 is 15.2. The van der Waals surface area contributed by atoms with Crippen LogP contribution >= 0.6 is 0 Å². The molecule has 22 heavy (non-hydrogen) atoms. The Kier molecular flexibility index (Phi) is 9.97. The van der Waals surface area contributed by atoms with Crippen LogP contribution in [0.5, 0.6) is 0 Å². The average Bonchev–Trinajstić information content (AvgIpc) is 2.33. The van der Waals surface area contributed by atoms with Crippen LogP contribution in [0.1, 0.15) is 33.1 Å².